The molecule has 3 fully saturated rings. The van der Waals surface area contributed by atoms with Crippen LogP contribution in [0.15, 0.2) is 22.7 Å². The van der Waals surface area contributed by atoms with Crippen LogP contribution in [-0.4, -0.2) is 47.7 Å². The molecular weight excluding hydrogens is 497 g/mol. The van der Waals surface area contributed by atoms with Crippen LogP contribution in [-0.2, 0) is 17.4 Å². The average molecular weight is 533 g/mol. The second kappa shape index (κ2) is 11.5. The van der Waals surface area contributed by atoms with Crippen LogP contribution >= 0.6 is 0 Å². The van der Waals surface area contributed by atoms with Gasteiger partial charge >= 0.3 is 6.18 Å². The molecule has 0 radical (unpaired) electrons. The van der Waals surface area contributed by atoms with E-state index in [0.29, 0.717) is 36.8 Å². The van der Waals surface area contributed by atoms with E-state index >= 15 is 0 Å². The van der Waals surface area contributed by atoms with E-state index in [1.165, 1.54) is 31.9 Å². The minimum absolute atomic E-state index is 0.114. The van der Waals surface area contributed by atoms with Crippen molar-refractivity contribution < 1.29 is 27.2 Å². The lowest BCUT2D eigenvalue weighted by Gasteiger charge is -2.32. The van der Waals surface area contributed by atoms with Crippen molar-refractivity contribution in [2.45, 2.75) is 76.8 Å². The molecule has 1 saturated carbocycles. The number of alkyl halides is 3. The van der Waals surface area contributed by atoms with Crippen LogP contribution in [0.1, 0.15) is 86.0 Å². The Morgan fingerprint density at radius 1 is 0.921 bits per heavy atom. The second-order valence-electron chi connectivity index (χ2n) is 10.9. The highest BCUT2D eigenvalue weighted by atomic mass is 19.4. The minimum atomic E-state index is -4.78. The predicted octanol–water partition coefficient (Wildman–Crippen LogP) is 5.87. The standard InChI is InChI=1S/C28H35F3N4O3/c29-28(30,31)26-25(38-27(33-26)35-12-4-1-5-13-35)23(37)17-20-8-9-24(32-18-20)34-14-10-21(11-15-34)22(36)16-19-6-2-3-7-19/h8-9,18-19,21H,1-7,10-17H2. The maximum atomic E-state index is 13.6. The molecule has 0 atom stereocenters. The van der Waals surface area contributed by atoms with Crippen molar-refractivity contribution in [1.29, 1.82) is 0 Å². The van der Waals surface area contributed by atoms with Gasteiger partial charge in [-0.15, -0.1) is 0 Å². The lowest BCUT2D eigenvalue weighted by atomic mass is 9.87. The molecule has 0 aromatic carbocycles. The number of anilines is 2. The molecule has 38 heavy (non-hydrogen) atoms. The molecule has 0 spiro atoms. The molecule has 0 amide bonds. The summed E-state index contributed by atoms with van der Waals surface area (Å²) >= 11 is 0. The number of hydrogen-bond acceptors (Lipinski definition) is 7. The zero-order chi connectivity index (χ0) is 26.7. The number of aromatic nitrogens is 2. The maximum Gasteiger partial charge on any atom is 0.437 e. The van der Waals surface area contributed by atoms with Crippen molar-refractivity contribution in [3.63, 3.8) is 0 Å². The van der Waals surface area contributed by atoms with E-state index < -0.39 is 23.4 Å². The van der Waals surface area contributed by atoms with Crippen LogP contribution in [0.25, 0.3) is 0 Å². The Morgan fingerprint density at radius 2 is 1.63 bits per heavy atom. The van der Waals surface area contributed by atoms with Crippen molar-refractivity contribution in [3.8, 4) is 0 Å². The highest BCUT2D eigenvalue weighted by molar-refractivity contribution is 5.96. The maximum absolute atomic E-state index is 13.6. The number of halogens is 3. The molecule has 2 saturated heterocycles. The molecule has 2 aliphatic heterocycles. The first kappa shape index (κ1) is 26.7. The zero-order valence-corrected chi connectivity index (χ0v) is 21.6. The Kier molecular flexibility index (Phi) is 8.04. The van der Waals surface area contributed by atoms with E-state index in [1.54, 1.807) is 17.0 Å². The number of oxazole rings is 1. The second-order valence-corrected chi connectivity index (χ2v) is 10.9. The summed E-state index contributed by atoms with van der Waals surface area (Å²) in [5, 5.41) is 0. The van der Waals surface area contributed by atoms with Gasteiger partial charge in [0.25, 0.3) is 6.01 Å². The van der Waals surface area contributed by atoms with Crippen LogP contribution in [0.2, 0.25) is 0 Å². The molecule has 10 heteroatoms. The molecule has 7 nitrogen and oxygen atoms in total. The zero-order valence-electron chi connectivity index (χ0n) is 21.6. The summed E-state index contributed by atoms with van der Waals surface area (Å²) in [5.41, 5.74) is -0.762. The summed E-state index contributed by atoms with van der Waals surface area (Å²) < 4.78 is 46.3. The van der Waals surface area contributed by atoms with Gasteiger partial charge in [-0.2, -0.15) is 18.2 Å². The molecule has 0 bridgehead atoms. The Balaban J connectivity index is 1.19. The quantitative estimate of drug-likeness (QED) is 0.394. The average Bonchev–Trinajstić information content (AvgIpc) is 3.60. The molecule has 2 aromatic heterocycles. The highest BCUT2D eigenvalue weighted by Gasteiger charge is 2.42. The van der Waals surface area contributed by atoms with Gasteiger partial charge < -0.3 is 14.2 Å². The van der Waals surface area contributed by atoms with Crippen LogP contribution in [0.3, 0.4) is 0 Å². The number of rotatable bonds is 8. The Labute approximate surface area is 220 Å². The fourth-order valence-electron chi connectivity index (χ4n) is 5.98. The van der Waals surface area contributed by atoms with E-state index in [1.807, 2.05) is 0 Å². The van der Waals surface area contributed by atoms with Gasteiger partial charge in [0.1, 0.15) is 11.6 Å². The van der Waals surface area contributed by atoms with Gasteiger partial charge in [0, 0.05) is 51.1 Å². The first-order chi connectivity index (χ1) is 18.3. The number of carbonyl (C=O) groups is 2. The number of piperidine rings is 2. The van der Waals surface area contributed by atoms with Crippen LogP contribution in [0.4, 0.5) is 25.0 Å². The fourth-order valence-corrected chi connectivity index (χ4v) is 5.98. The van der Waals surface area contributed by atoms with E-state index in [2.05, 4.69) is 14.9 Å². The largest absolute Gasteiger partial charge is 0.437 e. The number of carbonyl (C=O) groups excluding carboxylic acids is 2. The van der Waals surface area contributed by atoms with E-state index in [9.17, 15) is 22.8 Å². The van der Waals surface area contributed by atoms with Crippen molar-refractivity contribution in [3.05, 3.63) is 35.3 Å². The molecule has 3 aliphatic rings. The third-order valence-electron chi connectivity index (χ3n) is 8.18. The molecule has 2 aromatic rings. The summed E-state index contributed by atoms with van der Waals surface area (Å²) in [7, 11) is 0. The molecule has 206 valence electrons. The smallest absolute Gasteiger partial charge is 0.420 e. The number of pyridine rings is 1. The van der Waals surface area contributed by atoms with Gasteiger partial charge in [0.2, 0.25) is 11.5 Å². The summed E-state index contributed by atoms with van der Waals surface area (Å²) in [5.74, 6) is 0.301. The predicted molar refractivity (Wildman–Crippen MR) is 136 cm³/mol. The molecule has 5 rings (SSSR count). The van der Waals surface area contributed by atoms with E-state index in [0.717, 1.165) is 51.0 Å². The molecule has 1 aliphatic carbocycles. The lowest BCUT2D eigenvalue weighted by molar-refractivity contribution is -0.141. The van der Waals surface area contributed by atoms with Gasteiger partial charge in [-0.3, -0.25) is 9.59 Å². The summed E-state index contributed by atoms with van der Waals surface area (Å²) in [6, 6.07) is 3.36. The number of ketones is 2. The number of nitrogens with zero attached hydrogens (tertiary/aromatic N) is 4. The van der Waals surface area contributed by atoms with Crippen molar-refractivity contribution in [2.24, 2.45) is 11.8 Å². The highest BCUT2D eigenvalue weighted by Crippen LogP contribution is 2.35. The Bertz CT molecular complexity index is 1110. The van der Waals surface area contributed by atoms with Gasteiger partial charge in [0.15, 0.2) is 5.69 Å². The summed E-state index contributed by atoms with van der Waals surface area (Å²) in [6.45, 7) is 2.59. The first-order valence-corrected chi connectivity index (χ1v) is 13.9. The number of Topliss-reactive ketones (excluding diaryl/α,β-unsaturated/α-hetero) is 2. The fraction of sp³-hybridized carbons (Fsp3) is 0.643. The topological polar surface area (TPSA) is 79.5 Å². The Morgan fingerprint density at radius 3 is 2.26 bits per heavy atom. The number of hydrogen-bond donors (Lipinski definition) is 0. The summed E-state index contributed by atoms with van der Waals surface area (Å²) in [6.07, 6.45) is 6.35. The van der Waals surface area contributed by atoms with Gasteiger partial charge in [0.05, 0.1) is 0 Å². The molecular formula is C28H35F3N4O3. The summed E-state index contributed by atoms with van der Waals surface area (Å²) in [4.78, 5) is 37.5. The van der Waals surface area contributed by atoms with E-state index in [4.69, 9.17) is 4.42 Å². The van der Waals surface area contributed by atoms with Crippen molar-refractivity contribution in [1.82, 2.24) is 9.97 Å². The van der Waals surface area contributed by atoms with Gasteiger partial charge in [-0.25, -0.2) is 4.98 Å². The Hall–Kier alpha value is -2.91. The van der Waals surface area contributed by atoms with Crippen LogP contribution in [0, 0.1) is 11.8 Å². The van der Waals surface area contributed by atoms with Gasteiger partial charge in [-0.1, -0.05) is 31.7 Å². The third-order valence-corrected chi connectivity index (χ3v) is 8.18. The van der Waals surface area contributed by atoms with Crippen molar-refractivity contribution >= 4 is 23.4 Å². The SMILES string of the molecule is O=C(Cc1ccc(N2CCC(C(=O)CC3CCCC3)CC2)nc1)c1oc(N2CCCCC2)nc1C(F)(F)F. The third kappa shape index (κ3) is 6.21. The minimum Gasteiger partial charge on any atom is -0.420 e. The normalized spacial score (nSPS) is 19.8. The van der Waals surface area contributed by atoms with Crippen molar-refractivity contribution in [2.75, 3.05) is 36.0 Å². The lowest BCUT2D eigenvalue weighted by Crippen LogP contribution is -2.37. The van der Waals surface area contributed by atoms with Crippen LogP contribution < -0.4 is 9.80 Å². The molecule has 0 unspecified atom stereocenters. The molecule has 0 N–H and O–H groups in total. The van der Waals surface area contributed by atoms with Gasteiger partial charge in [-0.05, 0) is 49.7 Å². The van der Waals surface area contributed by atoms with E-state index in [-0.39, 0.29) is 18.4 Å². The first-order valence-electron chi connectivity index (χ1n) is 13.9. The molecule has 4 heterocycles. The monoisotopic (exact) mass is 532 g/mol. The van der Waals surface area contributed by atoms with Crippen LogP contribution in [0.5, 0.6) is 0 Å².